The van der Waals surface area contributed by atoms with E-state index >= 15 is 0 Å². The Bertz CT molecular complexity index is 793. The van der Waals surface area contributed by atoms with Crippen LogP contribution in [0.15, 0.2) is 36.4 Å². The molecule has 0 saturated heterocycles. The molecule has 7 heteroatoms. The molecule has 0 atom stereocenters. The number of hydrogen-bond acceptors (Lipinski definition) is 4. The maximum absolute atomic E-state index is 12.2. The van der Waals surface area contributed by atoms with Gasteiger partial charge in [-0.1, -0.05) is 17.7 Å². The lowest BCUT2D eigenvalue weighted by Gasteiger charge is -2.14. The van der Waals surface area contributed by atoms with Gasteiger partial charge in [-0.3, -0.25) is 9.59 Å². The van der Waals surface area contributed by atoms with Crippen LogP contribution in [-0.2, 0) is 4.79 Å². The zero-order valence-electron chi connectivity index (χ0n) is 14.3. The topological polar surface area (TPSA) is 79.5 Å². The first-order valence-electron chi connectivity index (χ1n) is 7.65. The Labute approximate surface area is 151 Å². The van der Waals surface area contributed by atoms with E-state index < -0.39 is 0 Å². The van der Waals surface area contributed by atoms with Crippen molar-refractivity contribution in [3.05, 3.63) is 52.5 Å². The number of carbonyl (C=O) groups excluding carboxylic acids is 2. The predicted molar refractivity (Wildman–Crippen MR) is 99.7 cm³/mol. The van der Waals surface area contributed by atoms with Gasteiger partial charge in [0.2, 0.25) is 5.91 Å². The summed E-state index contributed by atoms with van der Waals surface area (Å²) in [5, 5.41) is 8.88. The first-order valence-corrected chi connectivity index (χ1v) is 8.03. The fraction of sp³-hybridized carbons (Fsp3) is 0.222. The highest BCUT2D eigenvalue weighted by Gasteiger charge is 2.12. The minimum Gasteiger partial charge on any atom is -0.495 e. The van der Waals surface area contributed by atoms with Crippen LogP contribution in [0.3, 0.4) is 0 Å². The second-order valence-electron chi connectivity index (χ2n) is 5.30. The lowest BCUT2D eigenvalue weighted by Crippen LogP contribution is -2.23. The minimum absolute atomic E-state index is 0.0354. The first-order chi connectivity index (χ1) is 12.0. The number of hydrogen-bond donors (Lipinski definition) is 3. The molecule has 0 fully saturated rings. The van der Waals surface area contributed by atoms with Gasteiger partial charge in [0, 0.05) is 23.3 Å². The number of ether oxygens (including phenoxy) is 1. The van der Waals surface area contributed by atoms with Gasteiger partial charge in [-0.2, -0.15) is 0 Å². The lowest BCUT2D eigenvalue weighted by molar-refractivity contribution is -0.114. The third-order valence-electron chi connectivity index (χ3n) is 3.68. The molecule has 0 aromatic heterocycles. The number of methoxy groups -OCH3 is 1. The molecule has 0 aliphatic rings. The molecule has 132 valence electrons. The molecule has 25 heavy (non-hydrogen) atoms. The summed E-state index contributed by atoms with van der Waals surface area (Å²) in [7, 11) is 3.10. The van der Waals surface area contributed by atoms with Crippen LogP contribution < -0.4 is 20.7 Å². The second kappa shape index (κ2) is 8.39. The number of benzene rings is 2. The van der Waals surface area contributed by atoms with Gasteiger partial charge in [0.1, 0.15) is 5.75 Å². The fourth-order valence-electron chi connectivity index (χ4n) is 2.36. The summed E-state index contributed by atoms with van der Waals surface area (Å²) in [5.41, 5.74) is 2.55. The Kier molecular flexibility index (Phi) is 6.25. The second-order valence-corrected chi connectivity index (χ2v) is 5.74. The zero-order valence-corrected chi connectivity index (χ0v) is 15.0. The van der Waals surface area contributed by atoms with Gasteiger partial charge in [-0.05, 0) is 42.8 Å². The largest absolute Gasteiger partial charge is 0.495 e. The van der Waals surface area contributed by atoms with E-state index in [-0.39, 0.29) is 18.4 Å². The Morgan fingerprint density at radius 2 is 1.92 bits per heavy atom. The predicted octanol–water partition coefficient (Wildman–Crippen LogP) is 3.07. The Hall–Kier alpha value is -2.73. The van der Waals surface area contributed by atoms with Gasteiger partial charge in [0.05, 0.1) is 19.3 Å². The molecule has 0 unspecified atom stereocenters. The van der Waals surface area contributed by atoms with E-state index in [0.29, 0.717) is 27.7 Å². The molecular weight excluding hydrogens is 342 g/mol. The van der Waals surface area contributed by atoms with Crippen LogP contribution in [0.5, 0.6) is 5.75 Å². The zero-order chi connectivity index (χ0) is 18.4. The van der Waals surface area contributed by atoms with Crippen molar-refractivity contribution in [1.82, 2.24) is 5.32 Å². The van der Waals surface area contributed by atoms with Crippen LogP contribution in [0.4, 0.5) is 11.4 Å². The van der Waals surface area contributed by atoms with Crippen molar-refractivity contribution in [3.8, 4) is 5.75 Å². The van der Waals surface area contributed by atoms with E-state index in [0.717, 1.165) is 5.56 Å². The molecule has 3 N–H and O–H groups in total. The molecule has 0 aliphatic heterocycles. The van der Waals surface area contributed by atoms with Crippen molar-refractivity contribution in [1.29, 1.82) is 0 Å². The average Bonchev–Trinajstić information content (AvgIpc) is 2.60. The number of nitrogens with one attached hydrogen (secondary N) is 3. The van der Waals surface area contributed by atoms with Gasteiger partial charge in [0.15, 0.2) is 0 Å². The van der Waals surface area contributed by atoms with Crippen LogP contribution in [0, 0.1) is 6.92 Å². The van der Waals surface area contributed by atoms with Gasteiger partial charge in [-0.25, -0.2) is 0 Å². The highest BCUT2D eigenvalue weighted by atomic mass is 35.5. The number of halogens is 1. The van der Waals surface area contributed by atoms with Gasteiger partial charge in [-0.15, -0.1) is 0 Å². The molecular formula is C18H20ClN3O3. The van der Waals surface area contributed by atoms with Gasteiger partial charge < -0.3 is 20.7 Å². The van der Waals surface area contributed by atoms with Gasteiger partial charge in [0.25, 0.3) is 5.91 Å². The molecule has 2 aromatic carbocycles. The van der Waals surface area contributed by atoms with E-state index in [1.807, 2.05) is 13.0 Å². The maximum atomic E-state index is 12.2. The molecule has 0 saturated carbocycles. The highest BCUT2D eigenvalue weighted by Crippen LogP contribution is 2.27. The molecule has 0 spiro atoms. The molecule has 0 aliphatic carbocycles. The normalized spacial score (nSPS) is 10.1. The van der Waals surface area contributed by atoms with Crippen LogP contribution in [0.2, 0.25) is 5.02 Å². The van der Waals surface area contributed by atoms with Gasteiger partial charge >= 0.3 is 0 Å². The first kappa shape index (κ1) is 18.6. The van der Waals surface area contributed by atoms with Crippen molar-refractivity contribution in [2.75, 3.05) is 31.3 Å². The molecule has 0 bridgehead atoms. The Morgan fingerprint density at radius 1 is 1.16 bits per heavy atom. The highest BCUT2D eigenvalue weighted by molar-refractivity contribution is 6.31. The SMILES string of the molecule is CNC(=O)c1cccc(NCC(=O)Nc2cc(Cl)ccc2OC)c1C. The van der Waals surface area contributed by atoms with E-state index in [1.54, 1.807) is 37.4 Å². The lowest BCUT2D eigenvalue weighted by atomic mass is 10.1. The number of carbonyl (C=O) groups is 2. The molecule has 2 rings (SSSR count). The van der Waals surface area contributed by atoms with E-state index in [1.165, 1.54) is 7.11 Å². The summed E-state index contributed by atoms with van der Waals surface area (Å²) < 4.78 is 5.20. The van der Waals surface area contributed by atoms with Crippen LogP contribution in [-0.4, -0.2) is 32.5 Å². The molecule has 0 heterocycles. The Balaban J connectivity index is 2.06. The van der Waals surface area contributed by atoms with Crippen LogP contribution >= 0.6 is 11.6 Å². The van der Waals surface area contributed by atoms with Crippen molar-refractivity contribution in [2.45, 2.75) is 6.92 Å². The summed E-state index contributed by atoms with van der Waals surface area (Å²) in [6, 6.07) is 10.3. The summed E-state index contributed by atoms with van der Waals surface area (Å²) >= 11 is 5.95. The fourth-order valence-corrected chi connectivity index (χ4v) is 2.53. The van der Waals surface area contributed by atoms with Crippen molar-refractivity contribution >= 4 is 34.8 Å². The van der Waals surface area contributed by atoms with E-state index in [9.17, 15) is 9.59 Å². The standard InChI is InChI=1S/C18H20ClN3O3/c1-11-13(18(24)20-2)5-4-6-14(11)21-10-17(23)22-15-9-12(19)7-8-16(15)25-3/h4-9,21H,10H2,1-3H3,(H,20,24)(H,22,23). The quantitative estimate of drug-likeness (QED) is 0.738. The third-order valence-corrected chi connectivity index (χ3v) is 3.92. The summed E-state index contributed by atoms with van der Waals surface area (Å²) in [6.45, 7) is 1.86. The van der Waals surface area contributed by atoms with Crippen molar-refractivity contribution in [2.24, 2.45) is 0 Å². The summed E-state index contributed by atoms with van der Waals surface area (Å²) in [4.78, 5) is 24.0. The van der Waals surface area contributed by atoms with E-state index in [4.69, 9.17) is 16.3 Å². The average molecular weight is 362 g/mol. The van der Waals surface area contributed by atoms with Crippen LogP contribution in [0.1, 0.15) is 15.9 Å². The van der Waals surface area contributed by atoms with E-state index in [2.05, 4.69) is 16.0 Å². The maximum Gasteiger partial charge on any atom is 0.251 e. The molecule has 2 aromatic rings. The molecule has 2 amide bonds. The minimum atomic E-state index is -0.259. The molecule has 0 radical (unpaired) electrons. The van der Waals surface area contributed by atoms with Crippen molar-refractivity contribution < 1.29 is 14.3 Å². The van der Waals surface area contributed by atoms with Crippen molar-refractivity contribution in [3.63, 3.8) is 0 Å². The summed E-state index contributed by atoms with van der Waals surface area (Å²) in [5.74, 6) is 0.0927. The Morgan fingerprint density at radius 3 is 2.60 bits per heavy atom. The third kappa shape index (κ3) is 4.64. The summed E-state index contributed by atoms with van der Waals surface area (Å²) in [6.07, 6.45) is 0. The number of anilines is 2. The number of rotatable bonds is 6. The molecule has 6 nitrogen and oxygen atoms in total. The van der Waals surface area contributed by atoms with Crippen LogP contribution in [0.25, 0.3) is 0 Å². The monoisotopic (exact) mass is 361 g/mol. The number of amides is 2. The smallest absolute Gasteiger partial charge is 0.251 e.